The number of ketones is 1. The lowest BCUT2D eigenvalue weighted by Crippen LogP contribution is -2.10. The fraction of sp³-hybridized carbons (Fsp3) is 0.455. The Hall–Kier alpha value is -1.60. The number of allylic oxidation sites excluding steroid dienone is 5. The molecule has 7 heteroatoms. The Balaban J connectivity index is 2.10. The van der Waals surface area contributed by atoms with E-state index in [2.05, 4.69) is 49.9 Å². The van der Waals surface area contributed by atoms with Crippen molar-refractivity contribution in [1.82, 2.24) is 0 Å². The number of anilines is 1. The second kappa shape index (κ2) is 11.6. The van der Waals surface area contributed by atoms with Crippen molar-refractivity contribution in [2.24, 2.45) is 5.41 Å². The number of aryl methyl sites for hydroxylation is 1. The third-order valence-electron chi connectivity index (χ3n) is 4.41. The van der Waals surface area contributed by atoms with Crippen LogP contribution in [0.1, 0.15) is 44.6 Å². The first kappa shape index (κ1) is 23.7. The van der Waals surface area contributed by atoms with Crippen molar-refractivity contribution in [1.29, 1.82) is 0 Å². The van der Waals surface area contributed by atoms with Gasteiger partial charge < -0.3 is 0 Å². The number of thiophene rings is 1. The first-order chi connectivity index (χ1) is 13.8. The predicted molar refractivity (Wildman–Crippen MR) is 121 cm³/mol. The Morgan fingerprint density at radius 2 is 2.17 bits per heavy atom. The zero-order valence-corrected chi connectivity index (χ0v) is 19.0. The molecular weight excluding hydrogens is 406 g/mol. The minimum Gasteiger partial charge on any atom is -0.293 e. The number of carbonyl (C=O) groups is 1. The van der Waals surface area contributed by atoms with E-state index < -0.39 is 0 Å². The number of carbonyl (C=O) groups excluding carboxylic acids is 1. The number of thioether (sulfide) groups is 1. The fourth-order valence-electron chi connectivity index (χ4n) is 2.74. The molecule has 1 aliphatic rings. The number of Topliss-reactive ketones (excluding diaryl/α,β-unsaturated/α-hetero) is 1. The zero-order valence-electron chi connectivity index (χ0n) is 17.4. The minimum atomic E-state index is 0.0247. The molecule has 0 bridgehead atoms. The van der Waals surface area contributed by atoms with E-state index in [0.717, 1.165) is 23.4 Å². The lowest BCUT2D eigenvalue weighted by atomic mass is 9.83. The molecule has 0 spiro atoms. The number of hydrogen-bond acceptors (Lipinski definition) is 7. The van der Waals surface area contributed by atoms with E-state index in [0.29, 0.717) is 11.5 Å². The summed E-state index contributed by atoms with van der Waals surface area (Å²) in [5, 5.41) is 9.15. The molecule has 0 aliphatic heterocycles. The summed E-state index contributed by atoms with van der Waals surface area (Å²) in [5.74, 6) is 0.471. The largest absolute Gasteiger partial charge is 0.293 e. The van der Waals surface area contributed by atoms with Crippen LogP contribution < -0.4 is 5.48 Å². The van der Waals surface area contributed by atoms with Crippen molar-refractivity contribution in [2.75, 3.05) is 17.4 Å². The van der Waals surface area contributed by atoms with Crippen LogP contribution in [0.25, 0.3) is 0 Å². The first-order valence-electron chi connectivity index (χ1n) is 9.54. The van der Waals surface area contributed by atoms with Gasteiger partial charge in [-0.3, -0.25) is 20.4 Å². The maximum atomic E-state index is 12.9. The molecule has 2 N–H and O–H groups in total. The van der Waals surface area contributed by atoms with Gasteiger partial charge in [-0.05, 0) is 42.0 Å². The van der Waals surface area contributed by atoms with Crippen LogP contribution in [0.4, 0.5) is 5.00 Å². The minimum absolute atomic E-state index is 0.0247. The van der Waals surface area contributed by atoms with Crippen LogP contribution in [0.5, 0.6) is 0 Å². The molecule has 0 fully saturated rings. The molecule has 0 aromatic carbocycles. The first-order valence-corrected chi connectivity index (χ1v) is 11.5. The summed E-state index contributed by atoms with van der Waals surface area (Å²) < 4.78 is 0. The van der Waals surface area contributed by atoms with Crippen LogP contribution in [0, 0.1) is 5.41 Å². The quantitative estimate of drug-likeness (QED) is 0.156. The highest BCUT2D eigenvalue weighted by molar-refractivity contribution is 7.98. The molecule has 1 aliphatic carbocycles. The summed E-state index contributed by atoms with van der Waals surface area (Å²) in [6.45, 7) is 8.64. The summed E-state index contributed by atoms with van der Waals surface area (Å²) in [7, 11) is 0. The SMILES string of the molecule is CCc1cc(CC(=O)C2=C=C/C=C(/C(C)(C)C)C/C=C\2)c(NOCSCOO)s1. The Kier molecular flexibility index (Phi) is 9.43. The highest BCUT2D eigenvalue weighted by atomic mass is 32.2. The predicted octanol–water partition coefficient (Wildman–Crippen LogP) is 5.92. The number of nitrogens with one attached hydrogen (secondary N) is 1. The summed E-state index contributed by atoms with van der Waals surface area (Å²) >= 11 is 2.86. The number of rotatable bonds is 10. The molecule has 0 saturated carbocycles. The maximum Gasteiger partial charge on any atom is 0.175 e. The van der Waals surface area contributed by atoms with Crippen LogP contribution in [-0.2, 0) is 27.4 Å². The van der Waals surface area contributed by atoms with Crippen molar-refractivity contribution in [3.63, 3.8) is 0 Å². The second-order valence-electron chi connectivity index (χ2n) is 7.61. The molecule has 0 unspecified atom stereocenters. The third kappa shape index (κ3) is 7.63. The van der Waals surface area contributed by atoms with E-state index in [-0.39, 0.29) is 23.6 Å². The molecule has 1 heterocycles. The summed E-state index contributed by atoms with van der Waals surface area (Å²) in [6, 6.07) is 2.05. The van der Waals surface area contributed by atoms with Crippen LogP contribution in [-0.4, -0.2) is 22.9 Å². The van der Waals surface area contributed by atoms with E-state index in [9.17, 15) is 4.79 Å². The summed E-state index contributed by atoms with van der Waals surface area (Å²) in [6.07, 6.45) is 9.83. The molecule has 29 heavy (non-hydrogen) atoms. The molecule has 158 valence electrons. The standard InChI is InChI=1S/C22H29NO4S2/c1-5-19-12-17(21(29-19)23-26-14-28-15-27-25)13-20(24)16-8-6-10-18(11-7-9-16)22(2,3)4/h6-8,11-12,23,25H,5,10,13-15H2,1-4H3/b8-6-,18-11+. The van der Waals surface area contributed by atoms with E-state index in [1.807, 2.05) is 24.3 Å². The topological polar surface area (TPSA) is 67.8 Å². The molecule has 1 aromatic rings. The Morgan fingerprint density at radius 1 is 1.38 bits per heavy atom. The van der Waals surface area contributed by atoms with Gasteiger partial charge in [-0.2, -0.15) is 0 Å². The van der Waals surface area contributed by atoms with Gasteiger partial charge in [0, 0.05) is 11.3 Å². The van der Waals surface area contributed by atoms with Gasteiger partial charge in [0.05, 0.1) is 5.57 Å². The molecule has 2 rings (SSSR count). The normalized spacial score (nSPS) is 17.1. The Bertz CT molecular complexity index is 824. The van der Waals surface area contributed by atoms with E-state index >= 15 is 0 Å². The third-order valence-corrected chi connectivity index (χ3v) is 6.19. The lowest BCUT2D eigenvalue weighted by molar-refractivity contribution is -0.222. The molecule has 0 atom stereocenters. The van der Waals surface area contributed by atoms with Crippen molar-refractivity contribution in [3.05, 3.63) is 57.7 Å². The molecule has 5 nitrogen and oxygen atoms in total. The van der Waals surface area contributed by atoms with Crippen LogP contribution in [0.15, 0.2) is 47.2 Å². The molecule has 1 aromatic heterocycles. The van der Waals surface area contributed by atoms with Gasteiger partial charge >= 0.3 is 0 Å². The molecule has 0 radical (unpaired) electrons. The zero-order chi connectivity index (χ0) is 21.3. The van der Waals surface area contributed by atoms with Crippen molar-refractivity contribution in [3.8, 4) is 0 Å². The van der Waals surface area contributed by atoms with Crippen molar-refractivity contribution >= 4 is 33.9 Å². The fourth-order valence-corrected chi connectivity index (χ4v) is 3.99. The highest BCUT2D eigenvalue weighted by Gasteiger charge is 2.17. The van der Waals surface area contributed by atoms with E-state index in [1.165, 1.54) is 22.2 Å². The van der Waals surface area contributed by atoms with Crippen molar-refractivity contribution in [2.45, 2.75) is 47.0 Å². The van der Waals surface area contributed by atoms with Crippen LogP contribution in [0.3, 0.4) is 0 Å². The Labute approximate surface area is 181 Å². The van der Waals surface area contributed by atoms with Gasteiger partial charge in [-0.15, -0.1) is 17.1 Å². The average Bonchev–Trinajstić information content (AvgIpc) is 3.02. The summed E-state index contributed by atoms with van der Waals surface area (Å²) in [5.41, 5.74) is 8.97. The van der Waals surface area contributed by atoms with Crippen LogP contribution >= 0.6 is 23.1 Å². The van der Waals surface area contributed by atoms with Gasteiger partial charge in [0.2, 0.25) is 0 Å². The maximum absolute atomic E-state index is 12.9. The average molecular weight is 436 g/mol. The van der Waals surface area contributed by atoms with Crippen molar-refractivity contribution < 1.29 is 19.8 Å². The monoisotopic (exact) mass is 435 g/mol. The summed E-state index contributed by atoms with van der Waals surface area (Å²) in [4.78, 5) is 23.4. The molecular formula is C22H29NO4S2. The smallest absolute Gasteiger partial charge is 0.175 e. The Morgan fingerprint density at radius 3 is 2.86 bits per heavy atom. The van der Waals surface area contributed by atoms with Gasteiger partial charge in [0.1, 0.15) is 16.9 Å². The van der Waals surface area contributed by atoms with Gasteiger partial charge in [-0.1, -0.05) is 57.2 Å². The van der Waals surface area contributed by atoms with Gasteiger partial charge in [0.25, 0.3) is 0 Å². The van der Waals surface area contributed by atoms with Crippen LogP contribution in [0.2, 0.25) is 0 Å². The molecule has 0 amide bonds. The molecule has 0 saturated heterocycles. The van der Waals surface area contributed by atoms with E-state index in [4.69, 9.17) is 10.1 Å². The highest BCUT2D eigenvalue weighted by Crippen LogP contribution is 2.31. The van der Waals surface area contributed by atoms with Gasteiger partial charge in [-0.25, -0.2) is 4.89 Å². The van der Waals surface area contributed by atoms with E-state index in [1.54, 1.807) is 11.3 Å². The second-order valence-corrected chi connectivity index (χ2v) is 9.63. The lowest BCUT2D eigenvalue weighted by Gasteiger charge is -2.22. The number of hydrogen-bond donors (Lipinski definition) is 2. The van der Waals surface area contributed by atoms with Gasteiger partial charge in [0.15, 0.2) is 5.78 Å².